The molecule has 0 aliphatic heterocycles. The Kier molecular flexibility index (Phi) is 3.18. The molecule has 0 amide bonds. The Balaban J connectivity index is 2.05. The van der Waals surface area contributed by atoms with Crippen molar-refractivity contribution in [1.82, 2.24) is 4.98 Å². The van der Waals surface area contributed by atoms with Crippen molar-refractivity contribution in [2.75, 3.05) is 13.2 Å². The normalized spacial score (nSPS) is 17.5. The molecule has 15 heavy (non-hydrogen) atoms. The van der Waals surface area contributed by atoms with Crippen LogP contribution in [0.1, 0.15) is 24.4 Å². The van der Waals surface area contributed by atoms with Gasteiger partial charge in [0.05, 0.1) is 6.61 Å². The molecule has 1 atom stereocenters. The Morgan fingerprint density at radius 2 is 2.33 bits per heavy atom. The lowest BCUT2D eigenvalue weighted by Crippen LogP contribution is -2.22. The number of nitrogens with zero attached hydrogens (tertiary/aromatic N) is 1. The Morgan fingerprint density at radius 1 is 1.53 bits per heavy atom. The van der Waals surface area contributed by atoms with E-state index in [-0.39, 0.29) is 6.04 Å². The van der Waals surface area contributed by atoms with E-state index < -0.39 is 0 Å². The molecule has 4 N–H and O–H groups in total. The van der Waals surface area contributed by atoms with Gasteiger partial charge < -0.3 is 16.2 Å². The van der Waals surface area contributed by atoms with Gasteiger partial charge in [-0.2, -0.15) is 0 Å². The highest BCUT2D eigenvalue weighted by Gasteiger charge is 2.23. The van der Waals surface area contributed by atoms with Gasteiger partial charge in [0, 0.05) is 24.3 Å². The van der Waals surface area contributed by atoms with Gasteiger partial charge in [-0.25, -0.2) is 4.98 Å². The monoisotopic (exact) mass is 207 g/mol. The summed E-state index contributed by atoms with van der Waals surface area (Å²) in [5.74, 6) is 1.36. The van der Waals surface area contributed by atoms with E-state index in [0.717, 1.165) is 12.2 Å². The lowest BCUT2D eigenvalue weighted by atomic mass is 10.1. The van der Waals surface area contributed by atoms with E-state index in [0.29, 0.717) is 18.3 Å². The van der Waals surface area contributed by atoms with Crippen LogP contribution in [0.2, 0.25) is 0 Å². The van der Waals surface area contributed by atoms with E-state index in [2.05, 4.69) is 4.98 Å². The summed E-state index contributed by atoms with van der Waals surface area (Å²) in [6.45, 7) is 1.16. The molecule has 2 rings (SSSR count). The van der Waals surface area contributed by atoms with Crippen LogP contribution in [0.25, 0.3) is 0 Å². The second-order valence-corrected chi connectivity index (χ2v) is 3.99. The van der Waals surface area contributed by atoms with E-state index in [1.165, 1.54) is 12.8 Å². The summed E-state index contributed by atoms with van der Waals surface area (Å²) in [5.41, 5.74) is 12.3. The van der Waals surface area contributed by atoms with Gasteiger partial charge >= 0.3 is 0 Å². The van der Waals surface area contributed by atoms with E-state index in [4.69, 9.17) is 16.2 Å². The van der Waals surface area contributed by atoms with Crippen LogP contribution < -0.4 is 16.2 Å². The topological polar surface area (TPSA) is 74.2 Å². The average Bonchev–Trinajstić information content (AvgIpc) is 3.09. The third kappa shape index (κ3) is 2.67. The third-order valence-corrected chi connectivity index (χ3v) is 2.61. The van der Waals surface area contributed by atoms with Gasteiger partial charge in [0.25, 0.3) is 0 Å². The molecule has 0 aromatic carbocycles. The standard InChI is InChI=1S/C11H17N3O/c12-6-10(13)9-2-1-5-14-11(9)15-7-8-3-4-8/h1-2,5,8,10H,3-4,6-7,12-13H2. The van der Waals surface area contributed by atoms with Crippen molar-refractivity contribution in [2.24, 2.45) is 17.4 Å². The van der Waals surface area contributed by atoms with Gasteiger partial charge in [-0.05, 0) is 24.8 Å². The molecule has 4 nitrogen and oxygen atoms in total. The molecule has 82 valence electrons. The summed E-state index contributed by atoms with van der Waals surface area (Å²) < 4.78 is 5.64. The van der Waals surface area contributed by atoms with Crippen LogP contribution in [-0.2, 0) is 0 Å². The van der Waals surface area contributed by atoms with Crippen LogP contribution in [-0.4, -0.2) is 18.1 Å². The van der Waals surface area contributed by atoms with Gasteiger partial charge in [0.15, 0.2) is 0 Å². The zero-order chi connectivity index (χ0) is 10.7. The maximum atomic E-state index is 5.87. The average molecular weight is 207 g/mol. The zero-order valence-electron chi connectivity index (χ0n) is 8.73. The molecule has 1 aromatic rings. The van der Waals surface area contributed by atoms with Crippen LogP contribution >= 0.6 is 0 Å². The molecule has 0 radical (unpaired) electrons. The Bertz CT molecular complexity index is 325. The minimum Gasteiger partial charge on any atom is -0.477 e. The summed E-state index contributed by atoms with van der Waals surface area (Å²) in [6, 6.07) is 3.59. The van der Waals surface area contributed by atoms with Crippen LogP contribution in [0.15, 0.2) is 18.3 Å². The number of ether oxygens (including phenoxy) is 1. The summed E-state index contributed by atoms with van der Waals surface area (Å²) in [5, 5.41) is 0. The van der Waals surface area contributed by atoms with E-state index >= 15 is 0 Å². The van der Waals surface area contributed by atoms with Crippen LogP contribution in [0.3, 0.4) is 0 Å². The highest BCUT2D eigenvalue weighted by Crippen LogP contribution is 2.30. The lowest BCUT2D eigenvalue weighted by molar-refractivity contribution is 0.283. The summed E-state index contributed by atoms with van der Waals surface area (Å²) >= 11 is 0. The first-order valence-electron chi connectivity index (χ1n) is 5.34. The molecule has 0 spiro atoms. The van der Waals surface area contributed by atoms with Crippen molar-refractivity contribution in [1.29, 1.82) is 0 Å². The maximum absolute atomic E-state index is 5.87. The molecule has 1 saturated carbocycles. The third-order valence-electron chi connectivity index (χ3n) is 2.61. The number of rotatable bonds is 5. The molecule has 4 heteroatoms. The van der Waals surface area contributed by atoms with Crippen LogP contribution in [0, 0.1) is 5.92 Å². The minimum atomic E-state index is -0.187. The molecule has 0 bridgehead atoms. The second-order valence-electron chi connectivity index (χ2n) is 3.99. The number of nitrogens with two attached hydrogens (primary N) is 2. The molecule has 1 aliphatic rings. The number of aromatic nitrogens is 1. The van der Waals surface area contributed by atoms with Crippen molar-refractivity contribution in [3.05, 3.63) is 23.9 Å². The van der Waals surface area contributed by atoms with E-state index in [1.807, 2.05) is 12.1 Å². The molecule has 1 aliphatic carbocycles. The van der Waals surface area contributed by atoms with Crippen LogP contribution in [0.4, 0.5) is 0 Å². The molecular weight excluding hydrogens is 190 g/mol. The SMILES string of the molecule is NCC(N)c1cccnc1OCC1CC1. The quantitative estimate of drug-likeness (QED) is 0.750. The molecule has 1 aromatic heterocycles. The van der Waals surface area contributed by atoms with Crippen molar-refractivity contribution in [3.63, 3.8) is 0 Å². The molecule has 1 fully saturated rings. The largest absolute Gasteiger partial charge is 0.477 e. The number of hydrogen-bond acceptors (Lipinski definition) is 4. The highest BCUT2D eigenvalue weighted by atomic mass is 16.5. The zero-order valence-corrected chi connectivity index (χ0v) is 8.73. The van der Waals surface area contributed by atoms with Gasteiger partial charge in [-0.3, -0.25) is 0 Å². The van der Waals surface area contributed by atoms with Crippen molar-refractivity contribution in [2.45, 2.75) is 18.9 Å². The predicted octanol–water partition coefficient (Wildman–Crippen LogP) is 0.829. The number of pyridine rings is 1. The van der Waals surface area contributed by atoms with E-state index in [9.17, 15) is 0 Å². The first-order valence-corrected chi connectivity index (χ1v) is 5.34. The highest BCUT2D eigenvalue weighted by molar-refractivity contribution is 5.28. The Morgan fingerprint density at radius 3 is 3.00 bits per heavy atom. The fourth-order valence-corrected chi connectivity index (χ4v) is 1.41. The van der Waals surface area contributed by atoms with Crippen molar-refractivity contribution >= 4 is 0 Å². The van der Waals surface area contributed by atoms with Crippen molar-refractivity contribution < 1.29 is 4.74 Å². The summed E-state index contributed by atoms with van der Waals surface area (Å²) in [6.07, 6.45) is 4.26. The smallest absolute Gasteiger partial charge is 0.218 e. The van der Waals surface area contributed by atoms with Crippen LogP contribution in [0.5, 0.6) is 5.88 Å². The minimum absolute atomic E-state index is 0.187. The first kappa shape index (κ1) is 10.4. The van der Waals surface area contributed by atoms with Gasteiger partial charge in [-0.15, -0.1) is 0 Å². The van der Waals surface area contributed by atoms with Gasteiger partial charge in [0.2, 0.25) is 5.88 Å². The fourth-order valence-electron chi connectivity index (χ4n) is 1.41. The number of hydrogen-bond donors (Lipinski definition) is 2. The second kappa shape index (κ2) is 4.59. The van der Waals surface area contributed by atoms with Gasteiger partial charge in [0.1, 0.15) is 0 Å². The van der Waals surface area contributed by atoms with Gasteiger partial charge in [-0.1, -0.05) is 6.07 Å². The fraction of sp³-hybridized carbons (Fsp3) is 0.545. The maximum Gasteiger partial charge on any atom is 0.218 e. The molecule has 1 heterocycles. The summed E-state index contributed by atoms with van der Waals surface area (Å²) in [4.78, 5) is 4.19. The summed E-state index contributed by atoms with van der Waals surface area (Å²) in [7, 11) is 0. The molecule has 0 saturated heterocycles. The Labute approximate surface area is 89.6 Å². The predicted molar refractivity (Wildman–Crippen MR) is 58.4 cm³/mol. The Hall–Kier alpha value is -1.13. The van der Waals surface area contributed by atoms with Crippen molar-refractivity contribution in [3.8, 4) is 5.88 Å². The first-order chi connectivity index (χ1) is 7.31. The molecule has 1 unspecified atom stereocenters. The molecular formula is C11H17N3O. The van der Waals surface area contributed by atoms with E-state index in [1.54, 1.807) is 6.20 Å². The lowest BCUT2D eigenvalue weighted by Gasteiger charge is -2.13.